The number of fused-ring (bicyclic) bond motifs is 1. The van der Waals surface area contributed by atoms with Crippen LogP contribution < -0.4 is 0 Å². The zero-order chi connectivity index (χ0) is 18.2. The van der Waals surface area contributed by atoms with Crippen LogP contribution >= 0.6 is 11.6 Å². The molecule has 1 aliphatic rings. The number of hydrogen-bond acceptors (Lipinski definition) is 4. The highest BCUT2D eigenvalue weighted by Gasteiger charge is 2.26. The summed E-state index contributed by atoms with van der Waals surface area (Å²) >= 11 is 5.17. The Kier molecular flexibility index (Phi) is 5.44. The number of rotatable bonds is 3. The minimum atomic E-state index is -1.33. The maximum atomic E-state index is 12.3. The molecule has 0 bridgehead atoms. The second-order valence-corrected chi connectivity index (χ2v) is 9.67. The van der Waals surface area contributed by atoms with Crippen molar-refractivity contribution in [2.24, 2.45) is 4.40 Å². The molecule has 5 nitrogen and oxygen atoms in total. The number of aromatic nitrogens is 2. The average molecular weight is 382 g/mol. The molecule has 0 saturated carbocycles. The van der Waals surface area contributed by atoms with E-state index in [4.69, 9.17) is 16.3 Å². The Balaban J connectivity index is 2.04. The third kappa shape index (κ3) is 3.87. The maximum absolute atomic E-state index is 12.3. The van der Waals surface area contributed by atoms with Crippen molar-refractivity contribution in [2.75, 3.05) is 6.61 Å². The summed E-state index contributed by atoms with van der Waals surface area (Å²) in [6.07, 6.45) is 6.55. The molecule has 0 amide bonds. The molecule has 0 N–H and O–H groups in total. The SMILES string of the molecule is Cc1cc2c(cnn2C2CCCCO2)c(/C=N/[S+]([O-])C(C)(C)C)c1Cl. The fraction of sp³-hybridized carbons (Fsp3) is 0.556. The Morgan fingerprint density at radius 2 is 2.20 bits per heavy atom. The number of halogens is 1. The zero-order valence-corrected chi connectivity index (χ0v) is 16.7. The number of aryl methyl sites for hydroxylation is 1. The largest absolute Gasteiger partial charge is 0.591 e. The summed E-state index contributed by atoms with van der Waals surface area (Å²) in [6.45, 7) is 8.40. The normalized spacial score (nSPS) is 20.5. The first-order chi connectivity index (χ1) is 11.8. The number of benzene rings is 1. The Morgan fingerprint density at radius 1 is 1.44 bits per heavy atom. The molecule has 1 saturated heterocycles. The van der Waals surface area contributed by atoms with E-state index in [1.807, 2.05) is 38.4 Å². The summed E-state index contributed by atoms with van der Waals surface area (Å²) < 4.78 is 23.9. The maximum Gasteiger partial charge on any atom is 0.150 e. The molecule has 25 heavy (non-hydrogen) atoms. The highest BCUT2D eigenvalue weighted by Crippen LogP contribution is 2.32. The molecule has 0 aliphatic carbocycles. The van der Waals surface area contributed by atoms with Gasteiger partial charge in [-0.15, -0.1) is 0 Å². The van der Waals surface area contributed by atoms with E-state index in [1.165, 1.54) is 0 Å². The molecular weight excluding hydrogens is 358 g/mol. The molecule has 1 aromatic carbocycles. The molecule has 1 fully saturated rings. The van der Waals surface area contributed by atoms with Crippen molar-refractivity contribution in [3.05, 3.63) is 28.4 Å². The first-order valence-electron chi connectivity index (χ1n) is 8.53. The molecule has 2 unspecified atom stereocenters. The van der Waals surface area contributed by atoms with Crippen molar-refractivity contribution in [1.82, 2.24) is 9.78 Å². The third-order valence-corrected chi connectivity index (χ3v) is 6.14. The molecule has 2 atom stereocenters. The number of hydrogen-bond donors (Lipinski definition) is 0. The lowest BCUT2D eigenvalue weighted by atomic mass is 10.1. The van der Waals surface area contributed by atoms with E-state index in [0.29, 0.717) is 5.02 Å². The number of nitrogens with zero attached hydrogens (tertiary/aromatic N) is 3. The average Bonchev–Trinajstić information content (AvgIpc) is 2.98. The van der Waals surface area contributed by atoms with Gasteiger partial charge in [-0.2, -0.15) is 5.10 Å². The van der Waals surface area contributed by atoms with Gasteiger partial charge in [0.25, 0.3) is 0 Å². The second kappa shape index (κ2) is 7.27. The van der Waals surface area contributed by atoms with E-state index in [1.54, 1.807) is 12.4 Å². The standard InChI is InChI=1S/C18H24ClN3O2S/c1-12-9-15-13(10-20-22(15)16-7-5-6-8-24-16)14(17(12)19)11-21-25(23)18(2,3)4/h9-11,16H,5-8H2,1-4H3/b21-11+. The number of ether oxygens (including phenoxy) is 1. The predicted molar refractivity (Wildman–Crippen MR) is 104 cm³/mol. The molecule has 2 aromatic rings. The molecule has 1 aliphatic heterocycles. The summed E-state index contributed by atoms with van der Waals surface area (Å²) in [5.74, 6) is 0. The first kappa shape index (κ1) is 18.7. The summed E-state index contributed by atoms with van der Waals surface area (Å²) in [5.41, 5.74) is 2.67. The molecule has 0 spiro atoms. The highest BCUT2D eigenvalue weighted by atomic mass is 35.5. The monoisotopic (exact) mass is 381 g/mol. The Hall–Kier alpha value is -1.08. The van der Waals surface area contributed by atoms with Gasteiger partial charge < -0.3 is 9.29 Å². The van der Waals surface area contributed by atoms with Crippen LogP contribution in [-0.2, 0) is 16.1 Å². The fourth-order valence-corrected chi connectivity index (χ4v) is 3.58. The van der Waals surface area contributed by atoms with Crippen LogP contribution in [0.3, 0.4) is 0 Å². The van der Waals surface area contributed by atoms with Crippen LogP contribution in [0.1, 0.15) is 57.4 Å². The predicted octanol–water partition coefficient (Wildman–Crippen LogP) is 4.58. The Labute approximate surface area is 156 Å². The van der Waals surface area contributed by atoms with Gasteiger partial charge in [0.15, 0.2) is 6.23 Å². The van der Waals surface area contributed by atoms with Crippen LogP contribution in [0.4, 0.5) is 0 Å². The van der Waals surface area contributed by atoms with Gasteiger partial charge in [0, 0.05) is 17.6 Å². The van der Waals surface area contributed by atoms with Gasteiger partial charge in [-0.05, 0) is 58.6 Å². The quantitative estimate of drug-likeness (QED) is 0.577. The van der Waals surface area contributed by atoms with Gasteiger partial charge in [-0.3, -0.25) is 0 Å². The molecule has 7 heteroatoms. The Bertz CT molecular complexity index is 792. The van der Waals surface area contributed by atoms with E-state index >= 15 is 0 Å². The van der Waals surface area contributed by atoms with Crippen LogP contribution in [-0.4, -0.2) is 31.9 Å². The third-order valence-electron chi connectivity index (χ3n) is 4.29. The van der Waals surface area contributed by atoms with Crippen molar-refractivity contribution in [2.45, 2.75) is 57.9 Å². The van der Waals surface area contributed by atoms with Gasteiger partial charge in [-0.1, -0.05) is 16.0 Å². The van der Waals surface area contributed by atoms with Crippen molar-refractivity contribution in [3.63, 3.8) is 0 Å². The lowest BCUT2D eigenvalue weighted by molar-refractivity contribution is -0.0366. The van der Waals surface area contributed by atoms with Gasteiger partial charge in [0.1, 0.15) is 16.1 Å². The van der Waals surface area contributed by atoms with Crippen molar-refractivity contribution in [3.8, 4) is 0 Å². The lowest BCUT2D eigenvalue weighted by Gasteiger charge is -2.23. The van der Waals surface area contributed by atoms with E-state index in [0.717, 1.165) is 47.9 Å². The van der Waals surface area contributed by atoms with Gasteiger partial charge in [-0.25, -0.2) is 4.68 Å². The van der Waals surface area contributed by atoms with Crippen molar-refractivity contribution < 1.29 is 9.29 Å². The van der Waals surface area contributed by atoms with E-state index < -0.39 is 16.1 Å². The summed E-state index contributed by atoms with van der Waals surface area (Å²) in [5, 5.41) is 6.05. The summed E-state index contributed by atoms with van der Waals surface area (Å²) in [4.78, 5) is 0. The molecular formula is C18H24ClN3O2S. The minimum absolute atomic E-state index is 0.0414. The van der Waals surface area contributed by atoms with Gasteiger partial charge in [0.2, 0.25) is 0 Å². The molecule has 0 radical (unpaired) electrons. The van der Waals surface area contributed by atoms with Crippen LogP contribution in [0.15, 0.2) is 16.7 Å². The van der Waals surface area contributed by atoms with E-state index in [9.17, 15) is 4.55 Å². The van der Waals surface area contributed by atoms with E-state index in [-0.39, 0.29) is 6.23 Å². The topological polar surface area (TPSA) is 62.5 Å². The zero-order valence-electron chi connectivity index (χ0n) is 15.1. The van der Waals surface area contributed by atoms with Crippen LogP contribution in [0.2, 0.25) is 5.02 Å². The van der Waals surface area contributed by atoms with Crippen LogP contribution in [0.25, 0.3) is 10.9 Å². The van der Waals surface area contributed by atoms with Crippen LogP contribution in [0.5, 0.6) is 0 Å². The van der Waals surface area contributed by atoms with Gasteiger partial charge >= 0.3 is 0 Å². The molecule has 136 valence electrons. The molecule has 1 aromatic heterocycles. The lowest BCUT2D eigenvalue weighted by Crippen LogP contribution is -2.25. The smallest absolute Gasteiger partial charge is 0.150 e. The second-order valence-electron chi connectivity index (χ2n) is 7.36. The fourth-order valence-electron chi connectivity index (χ4n) is 2.85. The summed E-state index contributed by atoms with van der Waals surface area (Å²) in [6, 6.07) is 2.03. The highest BCUT2D eigenvalue weighted by molar-refractivity contribution is 7.91. The van der Waals surface area contributed by atoms with Crippen molar-refractivity contribution in [1.29, 1.82) is 0 Å². The van der Waals surface area contributed by atoms with Gasteiger partial charge in [0.05, 0.1) is 23.0 Å². The Morgan fingerprint density at radius 3 is 2.84 bits per heavy atom. The van der Waals surface area contributed by atoms with E-state index in [2.05, 4.69) is 9.50 Å². The molecule has 3 rings (SSSR count). The molecule has 2 heterocycles. The minimum Gasteiger partial charge on any atom is -0.591 e. The first-order valence-corrected chi connectivity index (χ1v) is 10.0. The van der Waals surface area contributed by atoms with Crippen molar-refractivity contribution >= 4 is 40.1 Å². The summed E-state index contributed by atoms with van der Waals surface area (Å²) in [7, 11) is 0. The van der Waals surface area contributed by atoms with Crippen LogP contribution in [0, 0.1) is 6.92 Å².